The average molecular weight is 450 g/mol. The zero-order chi connectivity index (χ0) is 18.8. The molecule has 0 aliphatic carbocycles. The molecule has 4 rings (SSSR count). The topological polar surface area (TPSA) is 59.2 Å². The van der Waals surface area contributed by atoms with Gasteiger partial charge >= 0.3 is 0 Å². The number of amides is 1. The molecule has 1 amide bonds. The normalized spacial score (nSPS) is 18.1. The van der Waals surface area contributed by atoms with Crippen molar-refractivity contribution >= 4 is 42.1 Å². The van der Waals surface area contributed by atoms with Crippen LogP contribution in [0, 0.1) is 6.92 Å². The lowest BCUT2D eigenvalue weighted by atomic mass is 9.95. The molecule has 0 radical (unpaired) electrons. The zero-order valence-electron chi connectivity index (χ0n) is 16.2. The number of thiazole rings is 1. The molecule has 3 aromatic rings. The first-order chi connectivity index (χ1) is 13.1. The van der Waals surface area contributed by atoms with Crippen molar-refractivity contribution in [3.8, 4) is 0 Å². The SMILES string of the molecule is Cc1nc(Cc2ccccc2)sc1C(=O)N1C[C@@H](N)[C@H](c2ccccc2)C1.Cl.Cl. The Morgan fingerprint density at radius 3 is 2.34 bits per heavy atom. The molecule has 2 N–H and O–H groups in total. The molecule has 4 nitrogen and oxygen atoms in total. The lowest BCUT2D eigenvalue weighted by Crippen LogP contribution is -2.32. The van der Waals surface area contributed by atoms with Gasteiger partial charge in [-0.25, -0.2) is 4.98 Å². The van der Waals surface area contributed by atoms with E-state index in [2.05, 4.69) is 29.2 Å². The number of nitrogens with two attached hydrogens (primary N) is 1. The fraction of sp³-hybridized carbons (Fsp3) is 0.273. The van der Waals surface area contributed by atoms with Gasteiger partial charge in [-0.05, 0) is 18.1 Å². The van der Waals surface area contributed by atoms with Gasteiger partial charge in [-0.15, -0.1) is 36.2 Å². The van der Waals surface area contributed by atoms with Gasteiger partial charge in [0.15, 0.2) is 0 Å². The van der Waals surface area contributed by atoms with Crippen molar-refractivity contribution in [1.82, 2.24) is 9.88 Å². The Morgan fingerprint density at radius 2 is 1.69 bits per heavy atom. The second-order valence-corrected chi connectivity index (χ2v) is 8.16. The highest BCUT2D eigenvalue weighted by molar-refractivity contribution is 7.13. The van der Waals surface area contributed by atoms with Gasteiger partial charge in [0, 0.05) is 31.5 Å². The molecule has 1 aliphatic heterocycles. The Morgan fingerprint density at radius 1 is 1.07 bits per heavy atom. The molecule has 1 aliphatic rings. The van der Waals surface area contributed by atoms with Crippen LogP contribution in [0.1, 0.15) is 37.4 Å². The summed E-state index contributed by atoms with van der Waals surface area (Å²) in [6.07, 6.45) is 0.756. The molecule has 2 heterocycles. The van der Waals surface area contributed by atoms with Crippen molar-refractivity contribution in [1.29, 1.82) is 0 Å². The number of likely N-dealkylation sites (tertiary alicyclic amines) is 1. The van der Waals surface area contributed by atoms with Crippen molar-refractivity contribution in [2.75, 3.05) is 13.1 Å². The predicted molar refractivity (Wildman–Crippen MR) is 124 cm³/mol. The standard InChI is InChI=1S/C22H23N3OS.2ClH/c1-15-21(27-20(24-15)12-16-8-4-2-5-9-16)22(26)25-13-18(19(23)14-25)17-10-6-3-7-11-17;;/h2-11,18-19H,12-14,23H2,1H3;2*1H/t18-,19+;;/m0../s1. The summed E-state index contributed by atoms with van der Waals surface area (Å²) in [5.74, 6) is 0.241. The Balaban J connectivity index is 0.00000150. The fourth-order valence-corrected chi connectivity index (χ4v) is 4.75. The highest BCUT2D eigenvalue weighted by Gasteiger charge is 2.35. The van der Waals surface area contributed by atoms with E-state index in [-0.39, 0.29) is 42.7 Å². The molecule has 0 unspecified atom stereocenters. The van der Waals surface area contributed by atoms with E-state index in [4.69, 9.17) is 5.73 Å². The van der Waals surface area contributed by atoms with Crippen molar-refractivity contribution in [3.63, 3.8) is 0 Å². The van der Waals surface area contributed by atoms with Crippen LogP contribution in [0.5, 0.6) is 0 Å². The Labute approximate surface area is 188 Å². The number of benzene rings is 2. The number of carbonyl (C=O) groups excluding carboxylic acids is 1. The summed E-state index contributed by atoms with van der Waals surface area (Å²) >= 11 is 1.50. The van der Waals surface area contributed by atoms with E-state index in [1.165, 1.54) is 22.5 Å². The van der Waals surface area contributed by atoms with E-state index < -0.39 is 0 Å². The summed E-state index contributed by atoms with van der Waals surface area (Å²) < 4.78 is 0. The highest BCUT2D eigenvalue weighted by atomic mass is 35.5. The Hall–Kier alpha value is -1.92. The Bertz CT molecular complexity index is 934. The molecule has 1 aromatic heterocycles. The third-order valence-corrected chi connectivity index (χ3v) is 6.26. The third kappa shape index (κ3) is 5.17. The lowest BCUT2D eigenvalue weighted by Gasteiger charge is -2.16. The van der Waals surface area contributed by atoms with Gasteiger partial charge in [0.05, 0.1) is 10.7 Å². The number of nitrogens with zero attached hydrogens (tertiary/aromatic N) is 2. The van der Waals surface area contributed by atoms with Gasteiger partial charge in [0.1, 0.15) is 4.88 Å². The van der Waals surface area contributed by atoms with Crippen molar-refractivity contribution in [3.05, 3.63) is 87.4 Å². The maximum atomic E-state index is 13.1. The summed E-state index contributed by atoms with van der Waals surface area (Å²) in [6, 6.07) is 20.4. The van der Waals surface area contributed by atoms with Crippen LogP contribution in [0.4, 0.5) is 0 Å². The van der Waals surface area contributed by atoms with Gasteiger partial charge in [0.2, 0.25) is 0 Å². The van der Waals surface area contributed by atoms with E-state index in [0.29, 0.717) is 13.1 Å². The van der Waals surface area contributed by atoms with E-state index >= 15 is 0 Å². The first-order valence-corrected chi connectivity index (χ1v) is 10.0. The summed E-state index contributed by atoms with van der Waals surface area (Å²) in [6.45, 7) is 3.17. The highest BCUT2D eigenvalue weighted by Crippen LogP contribution is 2.29. The minimum atomic E-state index is -0.0339. The summed E-state index contributed by atoms with van der Waals surface area (Å²) in [7, 11) is 0. The van der Waals surface area contributed by atoms with Gasteiger partial charge in [0.25, 0.3) is 5.91 Å². The van der Waals surface area contributed by atoms with E-state index in [1.807, 2.05) is 48.2 Å². The first-order valence-electron chi connectivity index (χ1n) is 9.22. The average Bonchev–Trinajstić information content (AvgIpc) is 3.25. The molecule has 0 bridgehead atoms. The van der Waals surface area contributed by atoms with Crippen molar-refractivity contribution in [2.24, 2.45) is 5.73 Å². The number of hydrogen-bond donors (Lipinski definition) is 1. The second kappa shape index (κ2) is 10.2. The number of aromatic nitrogens is 1. The molecule has 1 saturated heterocycles. The van der Waals surface area contributed by atoms with Gasteiger partial charge in [-0.3, -0.25) is 4.79 Å². The zero-order valence-corrected chi connectivity index (χ0v) is 18.6. The quantitative estimate of drug-likeness (QED) is 0.639. The van der Waals surface area contributed by atoms with Gasteiger partial charge < -0.3 is 10.6 Å². The number of hydrogen-bond acceptors (Lipinski definition) is 4. The minimum Gasteiger partial charge on any atom is -0.336 e. The number of halogens is 2. The predicted octanol–water partition coefficient (Wildman–Crippen LogP) is 4.45. The fourth-order valence-electron chi connectivity index (χ4n) is 3.69. The monoisotopic (exact) mass is 449 g/mol. The summed E-state index contributed by atoms with van der Waals surface area (Å²) in [4.78, 5) is 20.4. The Kier molecular flexibility index (Phi) is 8.23. The van der Waals surface area contributed by atoms with E-state index in [1.54, 1.807) is 0 Å². The molecule has 1 fully saturated rings. The smallest absolute Gasteiger partial charge is 0.265 e. The second-order valence-electron chi connectivity index (χ2n) is 7.08. The maximum absolute atomic E-state index is 13.1. The van der Waals surface area contributed by atoms with Gasteiger partial charge in [-0.1, -0.05) is 60.7 Å². The van der Waals surface area contributed by atoms with Crippen molar-refractivity contribution < 1.29 is 4.79 Å². The molecule has 7 heteroatoms. The number of carbonyl (C=O) groups is 1. The van der Waals surface area contributed by atoms with Crippen molar-refractivity contribution in [2.45, 2.75) is 25.3 Å². The molecular weight excluding hydrogens is 425 g/mol. The largest absolute Gasteiger partial charge is 0.336 e. The third-order valence-electron chi connectivity index (χ3n) is 5.11. The molecule has 2 atom stereocenters. The summed E-state index contributed by atoms with van der Waals surface area (Å²) in [5.41, 5.74) is 9.58. The maximum Gasteiger partial charge on any atom is 0.265 e. The van der Waals surface area contributed by atoms with Crippen LogP contribution in [0.3, 0.4) is 0 Å². The molecule has 0 saturated carbocycles. The van der Waals surface area contributed by atoms with Crippen LogP contribution in [-0.4, -0.2) is 34.9 Å². The molecular formula is C22H25Cl2N3OS. The summed E-state index contributed by atoms with van der Waals surface area (Å²) in [5, 5.41) is 0.977. The number of rotatable bonds is 4. The van der Waals surface area contributed by atoms with Crippen LogP contribution in [0.25, 0.3) is 0 Å². The van der Waals surface area contributed by atoms with Gasteiger partial charge in [-0.2, -0.15) is 0 Å². The van der Waals surface area contributed by atoms with Crippen LogP contribution >= 0.6 is 36.2 Å². The van der Waals surface area contributed by atoms with Crippen LogP contribution in [0.2, 0.25) is 0 Å². The van der Waals surface area contributed by atoms with Crippen LogP contribution in [0.15, 0.2) is 60.7 Å². The molecule has 29 heavy (non-hydrogen) atoms. The number of aryl methyl sites for hydroxylation is 1. The molecule has 154 valence electrons. The first kappa shape index (κ1) is 23.4. The van der Waals surface area contributed by atoms with Crippen LogP contribution in [-0.2, 0) is 6.42 Å². The lowest BCUT2D eigenvalue weighted by molar-refractivity contribution is 0.0793. The van der Waals surface area contributed by atoms with E-state index in [0.717, 1.165) is 22.0 Å². The molecule has 0 spiro atoms. The minimum absolute atomic E-state index is 0. The van der Waals surface area contributed by atoms with Crippen LogP contribution < -0.4 is 5.73 Å². The molecule has 2 aromatic carbocycles. The van der Waals surface area contributed by atoms with E-state index in [9.17, 15) is 4.79 Å².